The summed E-state index contributed by atoms with van der Waals surface area (Å²) in [5.74, 6) is 0.551. The smallest absolute Gasteiger partial charge is 0.417 e. The van der Waals surface area contributed by atoms with E-state index >= 15 is 0 Å². The van der Waals surface area contributed by atoms with Gasteiger partial charge in [0.2, 0.25) is 0 Å². The van der Waals surface area contributed by atoms with Crippen molar-refractivity contribution in [2.24, 2.45) is 5.92 Å². The van der Waals surface area contributed by atoms with Gasteiger partial charge in [-0.2, -0.15) is 18.2 Å². The third-order valence-electron chi connectivity index (χ3n) is 5.57. The predicted molar refractivity (Wildman–Crippen MR) is 93.0 cm³/mol. The van der Waals surface area contributed by atoms with E-state index in [1.165, 1.54) is 12.1 Å². The number of alkyl halides is 3. The number of nitrogens with one attached hydrogen (secondary N) is 1. The Hall–Kier alpha value is -2.55. The molecule has 0 aliphatic carbocycles. The molecular weight excluding hydrogens is 375 g/mol. The Balaban J connectivity index is 1.39. The summed E-state index contributed by atoms with van der Waals surface area (Å²) in [6.07, 6.45) is -2.42. The molecule has 6 nitrogen and oxygen atoms in total. The number of ether oxygens (including phenoxy) is 1. The Labute approximate surface area is 159 Å². The average Bonchev–Trinajstić information content (AvgIpc) is 3.14. The molecule has 3 aliphatic heterocycles. The molecule has 28 heavy (non-hydrogen) atoms. The summed E-state index contributed by atoms with van der Waals surface area (Å²) in [4.78, 5) is 18.2. The third kappa shape index (κ3) is 3.71. The Morgan fingerprint density at radius 3 is 2.50 bits per heavy atom. The van der Waals surface area contributed by atoms with Crippen LogP contribution in [0.1, 0.15) is 35.8 Å². The molecule has 1 N–H and O–H groups in total. The van der Waals surface area contributed by atoms with Crippen LogP contribution in [0.25, 0.3) is 0 Å². The lowest BCUT2D eigenvalue weighted by Crippen LogP contribution is -2.62. The maximum atomic E-state index is 12.6. The Kier molecular flexibility index (Phi) is 4.78. The summed E-state index contributed by atoms with van der Waals surface area (Å²) in [7, 11) is 0. The fourth-order valence-electron chi connectivity index (χ4n) is 3.99. The highest BCUT2D eigenvalue weighted by atomic mass is 19.4. The number of nitrogens with zero attached hydrogens (tertiary/aromatic N) is 2. The molecule has 0 radical (unpaired) electrons. The zero-order valence-corrected chi connectivity index (χ0v) is 15.2. The van der Waals surface area contributed by atoms with Gasteiger partial charge in [0.25, 0.3) is 5.91 Å². The van der Waals surface area contributed by atoms with Gasteiger partial charge in [-0.25, -0.2) is 0 Å². The highest BCUT2D eigenvalue weighted by molar-refractivity contribution is 5.94. The van der Waals surface area contributed by atoms with Gasteiger partial charge in [-0.1, -0.05) is 0 Å². The molecule has 1 aromatic heterocycles. The van der Waals surface area contributed by atoms with Crippen molar-refractivity contribution >= 4 is 5.91 Å². The zero-order chi connectivity index (χ0) is 19.9. The van der Waals surface area contributed by atoms with E-state index < -0.39 is 17.9 Å². The molecule has 3 saturated heterocycles. The summed E-state index contributed by atoms with van der Waals surface area (Å²) >= 11 is 0. The highest BCUT2D eigenvalue weighted by Gasteiger charge is 2.40. The van der Waals surface area contributed by atoms with Crippen LogP contribution in [0.15, 0.2) is 34.9 Å². The Morgan fingerprint density at radius 2 is 1.93 bits per heavy atom. The van der Waals surface area contributed by atoms with Crippen molar-refractivity contribution in [2.75, 3.05) is 13.1 Å². The van der Waals surface area contributed by atoms with Gasteiger partial charge < -0.3 is 14.5 Å². The van der Waals surface area contributed by atoms with E-state index in [1.54, 1.807) is 12.1 Å². The van der Waals surface area contributed by atoms with Gasteiger partial charge in [0.05, 0.1) is 0 Å². The van der Waals surface area contributed by atoms with E-state index in [0.717, 1.165) is 25.9 Å². The second kappa shape index (κ2) is 7.12. The number of piperidine rings is 3. The lowest BCUT2D eigenvalue weighted by Gasteiger charge is -2.49. The zero-order valence-electron chi connectivity index (χ0n) is 15.2. The molecule has 5 rings (SSSR count). The number of oxazole rings is 1. The molecule has 150 valence electrons. The SMILES string of the molecule is C[C@H]1[C@H](NC(=O)c2ccc(Oc3nc(C(F)(F)F)co3)cc2)C2CCN1CC2. The molecule has 3 aliphatic rings. The summed E-state index contributed by atoms with van der Waals surface area (Å²) in [6.45, 7) is 4.31. The van der Waals surface area contributed by atoms with Crippen molar-refractivity contribution in [1.82, 2.24) is 15.2 Å². The number of aromatic nitrogens is 1. The van der Waals surface area contributed by atoms with Crippen molar-refractivity contribution in [3.05, 3.63) is 41.8 Å². The van der Waals surface area contributed by atoms with Gasteiger partial charge in [-0.15, -0.1) is 0 Å². The molecule has 2 bridgehead atoms. The van der Waals surface area contributed by atoms with Crippen LogP contribution in [0, 0.1) is 5.92 Å². The molecular formula is C19H20F3N3O3. The number of halogens is 3. The predicted octanol–water partition coefficient (Wildman–Crippen LogP) is 3.70. The van der Waals surface area contributed by atoms with E-state index in [0.29, 0.717) is 23.8 Å². The number of rotatable bonds is 4. The molecule has 1 amide bonds. The minimum absolute atomic E-state index is 0.124. The third-order valence-corrected chi connectivity index (χ3v) is 5.57. The fourth-order valence-corrected chi connectivity index (χ4v) is 3.99. The molecule has 4 heterocycles. The van der Waals surface area contributed by atoms with Crippen LogP contribution in [0.5, 0.6) is 11.8 Å². The number of hydrogen-bond donors (Lipinski definition) is 1. The first-order chi connectivity index (χ1) is 13.3. The molecule has 1 aromatic carbocycles. The van der Waals surface area contributed by atoms with Gasteiger partial charge in [-0.05, 0) is 63.0 Å². The largest absolute Gasteiger partial charge is 0.436 e. The summed E-state index contributed by atoms with van der Waals surface area (Å²) in [5.41, 5.74) is -0.704. The lowest BCUT2D eigenvalue weighted by molar-refractivity contribution is -0.141. The summed E-state index contributed by atoms with van der Waals surface area (Å²) in [5, 5.41) is 3.13. The first kappa shape index (κ1) is 18.8. The van der Waals surface area contributed by atoms with Gasteiger partial charge >= 0.3 is 12.3 Å². The molecule has 0 unspecified atom stereocenters. The summed E-state index contributed by atoms with van der Waals surface area (Å²) < 4.78 is 47.5. The second-order valence-electron chi connectivity index (χ2n) is 7.24. The van der Waals surface area contributed by atoms with Gasteiger partial charge in [0.1, 0.15) is 12.0 Å². The number of hydrogen-bond acceptors (Lipinski definition) is 5. The van der Waals surface area contributed by atoms with Crippen LogP contribution in [-0.2, 0) is 6.18 Å². The molecule has 0 spiro atoms. The quantitative estimate of drug-likeness (QED) is 0.855. The van der Waals surface area contributed by atoms with Crippen LogP contribution < -0.4 is 10.1 Å². The Bertz CT molecular complexity index is 840. The minimum atomic E-state index is -4.60. The van der Waals surface area contributed by atoms with Crippen LogP contribution in [0.2, 0.25) is 0 Å². The van der Waals surface area contributed by atoms with Crippen LogP contribution in [0.4, 0.5) is 13.2 Å². The standard InChI is InChI=1S/C19H20F3N3O3/c1-11-16(12-6-8-25(11)9-7-12)24-17(26)13-2-4-14(5-3-13)28-18-23-15(10-27-18)19(20,21)22/h2-5,10-12,16H,6-9H2,1H3,(H,24,26)/t11-,16-/m0/s1. The maximum absolute atomic E-state index is 12.6. The van der Waals surface area contributed by atoms with E-state index in [9.17, 15) is 18.0 Å². The normalized spacial score (nSPS) is 26.9. The van der Waals surface area contributed by atoms with Crippen LogP contribution in [-0.4, -0.2) is 41.0 Å². The van der Waals surface area contributed by atoms with E-state index in [4.69, 9.17) is 4.74 Å². The summed E-state index contributed by atoms with van der Waals surface area (Å²) in [6, 6.07) is 6.54. The number of amides is 1. The number of carbonyl (C=O) groups excluding carboxylic acids is 1. The highest BCUT2D eigenvalue weighted by Crippen LogP contribution is 2.33. The first-order valence-corrected chi connectivity index (χ1v) is 9.17. The molecule has 3 fully saturated rings. The topological polar surface area (TPSA) is 67.6 Å². The minimum Gasteiger partial charge on any atom is -0.417 e. The molecule has 9 heteroatoms. The van der Waals surface area contributed by atoms with E-state index in [-0.39, 0.29) is 17.7 Å². The average molecular weight is 395 g/mol. The number of fused-ring (bicyclic) bond motifs is 3. The fraction of sp³-hybridized carbons (Fsp3) is 0.474. The van der Waals surface area contributed by atoms with Crippen molar-refractivity contribution in [3.63, 3.8) is 0 Å². The van der Waals surface area contributed by atoms with Crippen molar-refractivity contribution in [2.45, 2.75) is 38.0 Å². The first-order valence-electron chi connectivity index (χ1n) is 9.17. The van der Waals surface area contributed by atoms with Gasteiger partial charge in [0, 0.05) is 17.6 Å². The van der Waals surface area contributed by atoms with E-state index in [2.05, 4.69) is 26.5 Å². The van der Waals surface area contributed by atoms with Gasteiger partial charge in [0.15, 0.2) is 5.69 Å². The number of carbonyl (C=O) groups is 1. The van der Waals surface area contributed by atoms with Gasteiger partial charge in [-0.3, -0.25) is 9.69 Å². The van der Waals surface area contributed by atoms with Crippen molar-refractivity contribution < 1.29 is 27.1 Å². The Morgan fingerprint density at radius 1 is 1.25 bits per heavy atom. The van der Waals surface area contributed by atoms with Crippen molar-refractivity contribution in [3.8, 4) is 11.8 Å². The number of benzene rings is 1. The molecule has 0 saturated carbocycles. The molecule has 2 atom stereocenters. The monoisotopic (exact) mass is 395 g/mol. The van der Waals surface area contributed by atoms with Crippen molar-refractivity contribution in [1.29, 1.82) is 0 Å². The van der Waals surface area contributed by atoms with Crippen LogP contribution in [0.3, 0.4) is 0 Å². The second-order valence-corrected chi connectivity index (χ2v) is 7.24. The lowest BCUT2D eigenvalue weighted by atomic mass is 9.79. The van der Waals surface area contributed by atoms with E-state index in [1.807, 2.05) is 0 Å². The molecule has 2 aromatic rings. The van der Waals surface area contributed by atoms with Crippen LogP contribution >= 0.6 is 0 Å². The maximum Gasteiger partial charge on any atom is 0.436 e.